The van der Waals surface area contributed by atoms with Crippen LogP contribution >= 0.6 is 11.6 Å². The Morgan fingerprint density at radius 2 is 1.55 bits per heavy atom. The molecule has 174 valence electrons. The second kappa shape index (κ2) is 9.82. The zero-order valence-corrected chi connectivity index (χ0v) is 20.2. The Morgan fingerprint density at radius 1 is 0.909 bits per heavy atom. The van der Waals surface area contributed by atoms with Crippen LogP contribution in [0.4, 0.5) is 17.1 Å². The first kappa shape index (κ1) is 24.6. The fourth-order valence-electron chi connectivity index (χ4n) is 3.00. The number of para-hydroxylation sites is 1. The molecule has 0 aliphatic carbocycles. The summed E-state index contributed by atoms with van der Waals surface area (Å²) in [5.41, 5.74) is 1.67. The van der Waals surface area contributed by atoms with E-state index in [1.54, 1.807) is 49.4 Å². The molecule has 0 radical (unpaired) electrons. The number of anilines is 3. The van der Waals surface area contributed by atoms with Gasteiger partial charge in [-0.1, -0.05) is 35.9 Å². The van der Waals surface area contributed by atoms with Crippen molar-refractivity contribution in [3.8, 4) is 0 Å². The highest BCUT2D eigenvalue weighted by atomic mass is 35.5. The average Bonchev–Trinajstić information content (AvgIpc) is 2.74. The number of halogens is 1. The van der Waals surface area contributed by atoms with E-state index >= 15 is 0 Å². The zero-order valence-electron chi connectivity index (χ0n) is 17.8. The predicted octanol–water partition coefficient (Wildman–Crippen LogP) is 3.85. The summed E-state index contributed by atoms with van der Waals surface area (Å²) in [5, 5.41) is 2.92. The molecular formula is C22H22ClN3O5S2. The number of nitrogens with zero attached hydrogens (tertiary/aromatic N) is 1. The minimum atomic E-state index is -3.80. The Morgan fingerprint density at radius 3 is 2.15 bits per heavy atom. The van der Waals surface area contributed by atoms with Crippen LogP contribution in [0.25, 0.3) is 0 Å². The molecule has 0 heterocycles. The van der Waals surface area contributed by atoms with E-state index in [1.807, 2.05) is 0 Å². The van der Waals surface area contributed by atoms with E-state index in [0.717, 1.165) is 10.6 Å². The lowest BCUT2D eigenvalue weighted by Gasteiger charge is -2.23. The van der Waals surface area contributed by atoms with Gasteiger partial charge in [0.1, 0.15) is 6.54 Å². The molecule has 1 amide bonds. The van der Waals surface area contributed by atoms with Crippen molar-refractivity contribution in [3.63, 3.8) is 0 Å². The molecule has 33 heavy (non-hydrogen) atoms. The first-order valence-corrected chi connectivity index (χ1v) is 13.4. The van der Waals surface area contributed by atoms with E-state index in [2.05, 4.69) is 10.0 Å². The maximum absolute atomic E-state index is 12.6. The van der Waals surface area contributed by atoms with E-state index in [4.69, 9.17) is 11.6 Å². The topological polar surface area (TPSA) is 113 Å². The number of hydrogen-bond donors (Lipinski definition) is 2. The number of carbonyl (C=O) groups excluding carboxylic acids is 1. The average molecular weight is 508 g/mol. The van der Waals surface area contributed by atoms with Crippen LogP contribution in [-0.2, 0) is 24.8 Å². The van der Waals surface area contributed by atoms with Gasteiger partial charge in [0.05, 0.1) is 16.8 Å². The van der Waals surface area contributed by atoms with E-state index in [9.17, 15) is 21.6 Å². The number of sulfonamides is 2. The Bertz CT molecular complexity index is 1360. The molecule has 3 aromatic rings. The number of hydrogen-bond acceptors (Lipinski definition) is 5. The quantitative estimate of drug-likeness (QED) is 0.481. The highest BCUT2D eigenvalue weighted by molar-refractivity contribution is 7.92. The van der Waals surface area contributed by atoms with Crippen LogP contribution in [0.3, 0.4) is 0 Å². The van der Waals surface area contributed by atoms with Crippen LogP contribution in [-0.4, -0.2) is 35.5 Å². The van der Waals surface area contributed by atoms with Crippen molar-refractivity contribution >= 4 is 54.6 Å². The lowest BCUT2D eigenvalue weighted by atomic mass is 10.2. The third-order valence-corrected chi connectivity index (χ3v) is 7.36. The lowest BCUT2D eigenvalue weighted by Crippen LogP contribution is -2.37. The second-order valence-corrected chi connectivity index (χ2v) is 11.3. The van der Waals surface area contributed by atoms with Crippen molar-refractivity contribution in [2.45, 2.75) is 11.8 Å². The monoisotopic (exact) mass is 507 g/mol. The van der Waals surface area contributed by atoms with Crippen molar-refractivity contribution in [3.05, 3.63) is 83.4 Å². The molecule has 0 saturated heterocycles. The Kier molecular flexibility index (Phi) is 7.31. The van der Waals surface area contributed by atoms with Crippen molar-refractivity contribution in [1.82, 2.24) is 0 Å². The summed E-state index contributed by atoms with van der Waals surface area (Å²) < 4.78 is 53.1. The minimum Gasteiger partial charge on any atom is -0.325 e. The van der Waals surface area contributed by atoms with Gasteiger partial charge in [0.15, 0.2) is 0 Å². The minimum absolute atomic E-state index is 0.0108. The van der Waals surface area contributed by atoms with Crippen LogP contribution in [0.5, 0.6) is 0 Å². The van der Waals surface area contributed by atoms with Gasteiger partial charge in [-0.25, -0.2) is 16.8 Å². The van der Waals surface area contributed by atoms with Crippen LogP contribution in [0.2, 0.25) is 5.02 Å². The summed E-state index contributed by atoms with van der Waals surface area (Å²) in [6, 6.07) is 18.7. The van der Waals surface area contributed by atoms with E-state index in [0.29, 0.717) is 27.6 Å². The van der Waals surface area contributed by atoms with Gasteiger partial charge in [-0.2, -0.15) is 0 Å². The number of carbonyl (C=O) groups is 1. The number of aryl methyl sites for hydroxylation is 1. The van der Waals surface area contributed by atoms with Gasteiger partial charge in [0.25, 0.3) is 10.0 Å². The molecule has 0 fully saturated rings. The molecule has 3 rings (SSSR count). The van der Waals surface area contributed by atoms with Gasteiger partial charge < -0.3 is 5.32 Å². The molecule has 0 aliphatic rings. The summed E-state index contributed by atoms with van der Waals surface area (Å²) in [6.45, 7) is 1.24. The van der Waals surface area contributed by atoms with Crippen molar-refractivity contribution < 1.29 is 21.6 Å². The third-order valence-electron chi connectivity index (χ3n) is 4.60. The molecule has 0 bridgehead atoms. The largest absolute Gasteiger partial charge is 0.325 e. The standard InChI is InChI=1S/C22H22ClN3O5S2/c1-16-8-9-17(23)14-21(16)26(32(2,28)29)15-22(27)24-18-10-12-20(13-11-18)33(30,31)25-19-6-4-3-5-7-19/h3-14,25H,15H2,1-2H3,(H,24,27). The van der Waals surface area contributed by atoms with E-state index in [-0.39, 0.29) is 4.90 Å². The van der Waals surface area contributed by atoms with Gasteiger partial charge in [-0.15, -0.1) is 0 Å². The molecular weight excluding hydrogens is 486 g/mol. The molecule has 8 nitrogen and oxygen atoms in total. The Balaban J connectivity index is 1.74. The van der Waals surface area contributed by atoms with Crippen LogP contribution < -0.4 is 14.3 Å². The SMILES string of the molecule is Cc1ccc(Cl)cc1N(CC(=O)Nc1ccc(S(=O)(=O)Nc2ccccc2)cc1)S(C)(=O)=O. The molecule has 0 aliphatic heterocycles. The van der Waals surface area contributed by atoms with Crippen molar-refractivity contribution in [2.24, 2.45) is 0 Å². The number of amides is 1. The summed E-state index contributed by atoms with van der Waals surface area (Å²) in [5.74, 6) is -0.599. The van der Waals surface area contributed by atoms with E-state index < -0.39 is 32.5 Å². The molecule has 0 aromatic heterocycles. The van der Waals surface area contributed by atoms with Crippen LogP contribution in [0, 0.1) is 6.92 Å². The Hall–Kier alpha value is -3.08. The predicted molar refractivity (Wildman–Crippen MR) is 131 cm³/mol. The van der Waals surface area contributed by atoms with Crippen molar-refractivity contribution in [2.75, 3.05) is 27.1 Å². The smallest absolute Gasteiger partial charge is 0.261 e. The van der Waals surface area contributed by atoms with Gasteiger partial charge in [0.2, 0.25) is 15.9 Å². The first-order valence-electron chi connectivity index (χ1n) is 9.67. The molecule has 0 spiro atoms. The summed E-state index contributed by atoms with van der Waals surface area (Å²) >= 11 is 6.00. The lowest BCUT2D eigenvalue weighted by molar-refractivity contribution is -0.114. The molecule has 0 unspecified atom stereocenters. The number of benzene rings is 3. The molecule has 3 aromatic carbocycles. The highest BCUT2D eigenvalue weighted by Crippen LogP contribution is 2.26. The fraction of sp³-hybridized carbons (Fsp3) is 0.136. The van der Waals surface area contributed by atoms with Crippen LogP contribution in [0.15, 0.2) is 77.7 Å². The van der Waals surface area contributed by atoms with Gasteiger partial charge in [-0.3, -0.25) is 13.8 Å². The molecule has 0 saturated carbocycles. The third kappa shape index (κ3) is 6.47. The number of rotatable bonds is 8. The van der Waals surface area contributed by atoms with Gasteiger partial charge in [-0.05, 0) is 61.0 Å². The second-order valence-electron chi connectivity index (χ2n) is 7.24. The van der Waals surface area contributed by atoms with Gasteiger partial charge in [0, 0.05) is 16.4 Å². The molecule has 11 heteroatoms. The summed E-state index contributed by atoms with van der Waals surface area (Å²) in [4.78, 5) is 12.6. The zero-order chi connectivity index (χ0) is 24.2. The molecule has 2 N–H and O–H groups in total. The fourth-order valence-corrected chi connectivity index (χ4v) is 5.13. The van der Waals surface area contributed by atoms with Gasteiger partial charge >= 0.3 is 0 Å². The Labute approximate surface area is 198 Å². The number of nitrogens with one attached hydrogen (secondary N) is 2. The first-order chi connectivity index (χ1) is 15.5. The van der Waals surface area contributed by atoms with E-state index in [1.165, 1.54) is 30.3 Å². The van der Waals surface area contributed by atoms with Crippen LogP contribution in [0.1, 0.15) is 5.56 Å². The highest BCUT2D eigenvalue weighted by Gasteiger charge is 2.23. The maximum atomic E-state index is 12.6. The summed E-state index contributed by atoms with van der Waals surface area (Å²) in [7, 11) is -7.58. The summed E-state index contributed by atoms with van der Waals surface area (Å²) in [6.07, 6.45) is 1.00. The maximum Gasteiger partial charge on any atom is 0.261 e. The molecule has 0 atom stereocenters. The van der Waals surface area contributed by atoms with Crippen molar-refractivity contribution in [1.29, 1.82) is 0 Å². The normalized spacial score (nSPS) is 11.6.